The van der Waals surface area contributed by atoms with Crippen LogP contribution in [0.1, 0.15) is 32.3 Å². The summed E-state index contributed by atoms with van der Waals surface area (Å²) in [6, 6.07) is 3.82. The maximum Gasteiger partial charge on any atom is 0.323 e. The molecular weight excluding hydrogens is 216 g/mol. The number of hydrogen-bond donors (Lipinski definition) is 1. The van der Waals surface area contributed by atoms with Crippen LogP contribution >= 0.6 is 0 Å². The molecule has 1 aromatic rings. The zero-order chi connectivity index (χ0) is 12.9. The fraction of sp³-hybridized carbons (Fsp3) is 0.538. The lowest BCUT2D eigenvalue weighted by molar-refractivity contribution is -0.150. The van der Waals surface area contributed by atoms with Gasteiger partial charge in [0.25, 0.3) is 0 Å². The Hall–Kier alpha value is -1.42. The van der Waals surface area contributed by atoms with E-state index in [-0.39, 0.29) is 0 Å². The SMILES string of the molecule is CCCC(C)(C(=O)O)N(C)Cc1cccnc1. The highest BCUT2D eigenvalue weighted by Gasteiger charge is 2.36. The van der Waals surface area contributed by atoms with Crippen molar-refractivity contribution in [3.8, 4) is 0 Å². The van der Waals surface area contributed by atoms with Crippen molar-refractivity contribution in [3.05, 3.63) is 30.1 Å². The molecule has 1 aromatic heterocycles. The van der Waals surface area contributed by atoms with Gasteiger partial charge in [0.2, 0.25) is 0 Å². The normalized spacial score (nSPS) is 14.6. The summed E-state index contributed by atoms with van der Waals surface area (Å²) >= 11 is 0. The van der Waals surface area contributed by atoms with E-state index in [9.17, 15) is 9.90 Å². The van der Waals surface area contributed by atoms with Gasteiger partial charge in [-0.05, 0) is 32.0 Å². The fourth-order valence-electron chi connectivity index (χ4n) is 1.89. The number of pyridine rings is 1. The number of hydrogen-bond acceptors (Lipinski definition) is 3. The van der Waals surface area contributed by atoms with E-state index in [1.807, 2.05) is 31.0 Å². The van der Waals surface area contributed by atoms with Gasteiger partial charge < -0.3 is 5.11 Å². The highest BCUT2D eigenvalue weighted by atomic mass is 16.4. The Morgan fingerprint density at radius 2 is 2.29 bits per heavy atom. The van der Waals surface area contributed by atoms with Crippen LogP contribution < -0.4 is 0 Å². The molecular formula is C13H20N2O2. The molecule has 0 spiro atoms. The summed E-state index contributed by atoms with van der Waals surface area (Å²) in [6.07, 6.45) is 4.97. The van der Waals surface area contributed by atoms with Gasteiger partial charge in [-0.1, -0.05) is 19.4 Å². The number of aliphatic carboxylic acids is 1. The summed E-state index contributed by atoms with van der Waals surface area (Å²) in [5.41, 5.74) is 0.212. The van der Waals surface area contributed by atoms with Gasteiger partial charge in [-0.15, -0.1) is 0 Å². The van der Waals surface area contributed by atoms with Crippen molar-refractivity contribution in [2.24, 2.45) is 0 Å². The summed E-state index contributed by atoms with van der Waals surface area (Å²) < 4.78 is 0. The molecule has 0 saturated carbocycles. The van der Waals surface area contributed by atoms with E-state index in [1.54, 1.807) is 19.3 Å². The van der Waals surface area contributed by atoms with E-state index in [4.69, 9.17) is 0 Å². The molecule has 0 aliphatic carbocycles. The van der Waals surface area contributed by atoms with Crippen molar-refractivity contribution in [1.82, 2.24) is 9.88 Å². The van der Waals surface area contributed by atoms with E-state index in [0.717, 1.165) is 12.0 Å². The fourth-order valence-corrected chi connectivity index (χ4v) is 1.89. The molecule has 94 valence electrons. The standard InChI is InChI=1S/C13H20N2O2/c1-4-7-13(2,12(16)17)15(3)10-11-6-5-8-14-9-11/h5-6,8-9H,4,7,10H2,1-3H3,(H,16,17). The first-order chi connectivity index (χ1) is 8.00. The Bertz CT molecular complexity index is 367. The first-order valence-electron chi connectivity index (χ1n) is 5.84. The van der Waals surface area contributed by atoms with Gasteiger partial charge in [0.1, 0.15) is 5.54 Å². The summed E-state index contributed by atoms with van der Waals surface area (Å²) in [4.78, 5) is 17.3. The lowest BCUT2D eigenvalue weighted by atomic mass is 9.94. The highest BCUT2D eigenvalue weighted by Crippen LogP contribution is 2.22. The third-order valence-electron chi connectivity index (χ3n) is 3.18. The van der Waals surface area contributed by atoms with Crippen LogP contribution in [0.5, 0.6) is 0 Å². The predicted octanol–water partition coefficient (Wildman–Crippen LogP) is 2.16. The van der Waals surface area contributed by atoms with Crippen LogP contribution in [0.15, 0.2) is 24.5 Å². The van der Waals surface area contributed by atoms with Gasteiger partial charge >= 0.3 is 5.97 Å². The van der Waals surface area contributed by atoms with Gasteiger partial charge in [-0.3, -0.25) is 14.7 Å². The second-order valence-electron chi connectivity index (χ2n) is 4.55. The number of nitrogens with zero attached hydrogens (tertiary/aromatic N) is 2. The largest absolute Gasteiger partial charge is 0.480 e. The quantitative estimate of drug-likeness (QED) is 0.822. The molecule has 4 nitrogen and oxygen atoms in total. The molecule has 1 heterocycles. The lowest BCUT2D eigenvalue weighted by Gasteiger charge is -2.34. The minimum atomic E-state index is -0.815. The van der Waals surface area contributed by atoms with Crippen LogP contribution in [-0.2, 0) is 11.3 Å². The molecule has 0 amide bonds. The molecule has 0 radical (unpaired) electrons. The van der Waals surface area contributed by atoms with Crippen LogP contribution in [0.4, 0.5) is 0 Å². The highest BCUT2D eigenvalue weighted by molar-refractivity contribution is 5.78. The maximum atomic E-state index is 11.4. The molecule has 0 aromatic carbocycles. The molecule has 4 heteroatoms. The Morgan fingerprint density at radius 1 is 1.59 bits per heavy atom. The number of rotatable bonds is 6. The van der Waals surface area contributed by atoms with Crippen molar-refractivity contribution in [1.29, 1.82) is 0 Å². The Balaban J connectivity index is 2.79. The molecule has 0 aliphatic rings. The smallest absolute Gasteiger partial charge is 0.323 e. The Morgan fingerprint density at radius 3 is 2.76 bits per heavy atom. The summed E-state index contributed by atoms with van der Waals surface area (Å²) in [6.45, 7) is 4.37. The molecule has 1 unspecified atom stereocenters. The average Bonchev–Trinajstić information content (AvgIpc) is 2.30. The Labute approximate surface area is 102 Å². The average molecular weight is 236 g/mol. The van der Waals surface area contributed by atoms with Crippen molar-refractivity contribution >= 4 is 5.97 Å². The van der Waals surface area contributed by atoms with Gasteiger partial charge in [-0.25, -0.2) is 0 Å². The second-order valence-corrected chi connectivity index (χ2v) is 4.55. The molecule has 0 fully saturated rings. The van der Waals surface area contributed by atoms with Gasteiger partial charge in [0.15, 0.2) is 0 Å². The molecule has 1 N–H and O–H groups in total. The van der Waals surface area contributed by atoms with Crippen LogP contribution in [0.25, 0.3) is 0 Å². The number of likely N-dealkylation sites (N-methyl/N-ethyl adjacent to an activating group) is 1. The van der Waals surface area contributed by atoms with Crippen molar-refractivity contribution in [3.63, 3.8) is 0 Å². The van der Waals surface area contributed by atoms with Crippen molar-refractivity contribution < 1.29 is 9.90 Å². The lowest BCUT2D eigenvalue weighted by Crippen LogP contribution is -2.49. The summed E-state index contributed by atoms with van der Waals surface area (Å²) in [5, 5.41) is 9.35. The Kier molecular flexibility index (Phi) is 4.63. The number of carboxylic acid groups (broad SMARTS) is 1. The number of carbonyl (C=O) groups is 1. The van der Waals surface area contributed by atoms with Gasteiger partial charge in [0.05, 0.1) is 0 Å². The zero-order valence-electron chi connectivity index (χ0n) is 10.7. The topological polar surface area (TPSA) is 53.4 Å². The first-order valence-corrected chi connectivity index (χ1v) is 5.84. The number of carboxylic acids is 1. The van der Waals surface area contributed by atoms with Crippen LogP contribution in [-0.4, -0.2) is 33.5 Å². The minimum Gasteiger partial charge on any atom is -0.480 e. The molecule has 0 bridgehead atoms. The summed E-state index contributed by atoms with van der Waals surface area (Å²) in [5.74, 6) is -0.772. The van der Waals surface area contributed by atoms with E-state index in [1.165, 1.54) is 0 Å². The van der Waals surface area contributed by atoms with E-state index < -0.39 is 11.5 Å². The molecule has 1 rings (SSSR count). The van der Waals surface area contributed by atoms with Crippen molar-refractivity contribution in [2.75, 3.05) is 7.05 Å². The second kappa shape index (κ2) is 5.77. The van der Waals surface area contributed by atoms with E-state index >= 15 is 0 Å². The van der Waals surface area contributed by atoms with Gasteiger partial charge in [-0.2, -0.15) is 0 Å². The monoisotopic (exact) mass is 236 g/mol. The van der Waals surface area contributed by atoms with E-state index in [0.29, 0.717) is 13.0 Å². The van der Waals surface area contributed by atoms with Crippen LogP contribution in [0.3, 0.4) is 0 Å². The minimum absolute atomic E-state index is 0.594. The predicted molar refractivity (Wildman–Crippen MR) is 66.7 cm³/mol. The molecule has 1 atom stereocenters. The maximum absolute atomic E-state index is 11.4. The van der Waals surface area contributed by atoms with Crippen LogP contribution in [0, 0.1) is 0 Å². The molecule has 17 heavy (non-hydrogen) atoms. The third-order valence-corrected chi connectivity index (χ3v) is 3.18. The number of aromatic nitrogens is 1. The molecule has 0 aliphatic heterocycles. The first kappa shape index (κ1) is 13.6. The molecule has 0 saturated heterocycles. The van der Waals surface area contributed by atoms with Crippen LogP contribution in [0.2, 0.25) is 0 Å². The summed E-state index contributed by atoms with van der Waals surface area (Å²) in [7, 11) is 1.84. The third kappa shape index (κ3) is 3.27. The zero-order valence-corrected chi connectivity index (χ0v) is 10.7. The van der Waals surface area contributed by atoms with Crippen molar-refractivity contribution in [2.45, 2.75) is 38.8 Å². The van der Waals surface area contributed by atoms with E-state index in [2.05, 4.69) is 4.98 Å². The van der Waals surface area contributed by atoms with Gasteiger partial charge in [0, 0.05) is 18.9 Å².